The molecule has 0 saturated carbocycles. The van der Waals surface area contributed by atoms with Crippen molar-refractivity contribution in [1.29, 1.82) is 0 Å². The summed E-state index contributed by atoms with van der Waals surface area (Å²) in [4.78, 5) is 9.13. The fraction of sp³-hybridized carbons (Fsp3) is 0.515. The molecule has 2 aromatic carbocycles. The summed E-state index contributed by atoms with van der Waals surface area (Å²) >= 11 is 0. The second-order valence-electron chi connectivity index (χ2n) is 10.2. The number of unbranched alkanes of at least 4 members (excludes halogenated alkanes) is 8. The zero-order valence-corrected chi connectivity index (χ0v) is 23.2. The molecule has 0 aliphatic heterocycles. The number of aromatic nitrogens is 2. The zero-order valence-electron chi connectivity index (χ0n) is 23.2. The monoisotopic (exact) mass is 522 g/mol. The van der Waals surface area contributed by atoms with Gasteiger partial charge in [0.2, 0.25) is 0 Å². The smallest absolute Gasteiger partial charge is 0.165 e. The molecule has 3 aromatic rings. The molecule has 0 N–H and O–H groups in total. The van der Waals surface area contributed by atoms with Crippen molar-refractivity contribution >= 4 is 0 Å². The van der Waals surface area contributed by atoms with E-state index in [-0.39, 0.29) is 13.0 Å². The van der Waals surface area contributed by atoms with Gasteiger partial charge in [-0.3, -0.25) is 0 Å². The first-order chi connectivity index (χ1) is 18.6. The maximum atomic E-state index is 14.1. The Morgan fingerprint density at radius 2 is 1.21 bits per heavy atom. The van der Waals surface area contributed by atoms with Crippen LogP contribution in [0.1, 0.15) is 90.0 Å². The summed E-state index contributed by atoms with van der Waals surface area (Å²) in [5.41, 5.74) is 4.19. The first-order valence-corrected chi connectivity index (χ1v) is 14.5. The van der Waals surface area contributed by atoms with Crippen LogP contribution in [0, 0.1) is 0 Å². The molecule has 5 heteroatoms. The lowest BCUT2D eigenvalue weighted by Crippen LogP contribution is -2.24. The first kappa shape index (κ1) is 29.7. The minimum Gasteiger partial charge on any atom is -0.490 e. The zero-order chi connectivity index (χ0) is 27.0. The van der Waals surface area contributed by atoms with Gasteiger partial charge in [0.1, 0.15) is 18.5 Å². The fourth-order valence-corrected chi connectivity index (χ4v) is 4.53. The van der Waals surface area contributed by atoms with Crippen LogP contribution in [-0.4, -0.2) is 28.9 Å². The Balaban J connectivity index is 1.45. The van der Waals surface area contributed by atoms with Crippen molar-refractivity contribution < 1.29 is 13.5 Å². The van der Waals surface area contributed by atoms with Crippen LogP contribution in [0.4, 0.5) is 8.78 Å². The number of benzene rings is 2. The van der Waals surface area contributed by atoms with Gasteiger partial charge in [0.05, 0.1) is 0 Å². The Kier molecular flexibility index (Phi) is 13.2. The van der Waals surface area contributed by atoms with Gasteiger partial charge in [-0.05, 0) is 42.5 Å². The van der Waals surface area contributed by atoms with E-state index in [2.05, 4.69) is 48.1 Å². The van der Waals surface area contributed by atoms with E-state index in [1.807, 2.05) is 24.5 Å². The molecular weight excluding hydrogens is 478 g/mol. The summed E-state index contributed by atoms with van der Waals surface area (Å²) in [5, 5.41) is 0. The minimum atomic E-state index is -1.61. The Morgan fingerprint density at radius 1 is 0.632 bits per heavy atom. The lowest BCUT2D eigenvalue weighted by molar-refractivity contribution is 0.102. The molecule has 206 valence electrons. The summed E-state index contributed by atoms with van der Waals surface area (Å²) in [7, 11) is 0. The van der Waals surface area contributed by atoms with Gasteiger partial charge in [0, 0.05) is 23.5 Å². The molecule has 0 aliphatic carbocycles. The lowest BCUT2D eigenvalue weighted by Gasteiger charge is -2.15. The van der Waals surface area contributed by atoms with Crippen LogP contribution in [0.2, 0.25) is 0 Å². The van der Waals surface area contributed by atoms with Gasteiger partial charge >= 0.3 is 0 Å². The first-order valence-electron chi connectivity index (χ1n) is 14.5. The number of hydrogen-bond donors (Lipinski definition) is 0. The summed E-state index contributed by atoms with van der Waals surface area (Å²) < 4.78 is 33.6. The van der Waals surface area contributed by atoms with Gasteiger partial charge in [-0.1, -0.05) is 108 Å². The highest BCUT2D eigenvalue weighted by Gasteiger charge is 2.20. The van der Waals surface area contributed by atoms with E-state index in [4.69, 9.17) is 4.74 Å². The highest BCUT2D eigenvalue weighted by Crippen LogP contribution is 2.24. The van der Waals surface area contributed by atoms with Crippen molar-refractivity contribution in [2.75, 3.05) is 6.61 Å². The van der Waals surface area contributed by atoms with Gasteiger partial charge in [0.25, 0.3) is 0 Å². The van der Waals surface area contributed by atoms with Crippen LogP contribution >= 0.6 is 0 Å². The van der Waals surface area contributed by atoms with E-state index in [0.717, 1.165) is 48.8 Å². The highest BCUT2D eigenvalue weighted by molar-refractivity contribution is 5.64. The summed E-state index contributed by atoms with van der Waals surface area (Å²) in [5.74, 6) is 1.22. The van der Waals surface area contributed by atoms with Crippen molar-refractivity contribution in [3.05, 3.63) is 66.5 Å². The molecule has 1 heterocycles. The molecule has 38 heavy (non-hydrogen) atoms. The van der Waals surface area contributed by atoms with E-state index in [9.17, 15) is 8.78 Å². The van der Waals surface area contributed by atoms with E-state index in [0.29, 0.717) is 11.6 Å². The average Bonchev–Trinajstić information content (AvgIpc) is 2.96. The Labute approximate surface area is 228 Å². The van der Waals surface area contributed by atoms with Gasteiger partial charge in [-0.15, -0.1) is 0 Å². The molecule has 0 aliphatic rings. The molecule has 0 spiro atoms. The van der Waals surface area contributed by atoms with Crippen LogP contribution in [0.15, 0.2) is 60.9 Å². The van der Waals surface area contributed by atoms with E-state index < -0.39 is 12.3 Å². The van der Waals surface area contributed by atoms with Crippen LogP contribution in [0.25, 0.3) is 22.5 Å². The lowest BCUT2D eigenvalue weighted by atomic mass is 10.0. The van der Waals surface area contributed by atoms with Crippen LogP contribution < -0.4 is 4.74 Å². The maximum Gasteiger partial charge on any atom is 0.165 e. The number of ether oxygens (including phenoxy) is 1. The summed E-state index contributed by atoms with van der Waals surface area (Å²) in [6.45, 7) is 4.07. The number of halogens is 2. The SMILES string of the molecule is CCCCCCCCc1ccc(-c2ncc(-c3ccc(OC[C@@H](F)[C@H](F)CCCCCC)cc3)cn2)cc1. The summed E-state index contributed by atoms with van der Waals surface area (Å²) in [6.07, 6.45) is 13.6. The van der Waals surface area contributed by atoms with E-state index >= 15 is 0 Å². The van der Waals surface area contributed by atoms with Gasteiger partial charge in [0.15, 0.2) is 12.0 Å². The molecule has 1 aromatic heterocycles. The van der Waals surface area contributed by atoms with Crippen molar-refractivity contribution in [2.24, 2.45) is 0 Å². The average molecular weight is 523 g/mol. The third-order valence-electron chi connectivity index (χ3n) is 7.01. The maximum absolute atomic E-state index is 14.1. The predicted octanol–water partition coefficient (Wildman–Crippen LogP) is 9.74. The summed E-state index contributed by atoms with van der Waals surface area (Å²) in [6, 6.07) is 15.9. The van der Waals surface area contributed by atoms with E-state index in [1.165, 1.54) is 44.1 Å². The second kappa shape index (κ2) is 16.9. The van der Waals surface area contributed by atoms with Crippen molar-refractivity contribution in [3.8, 4) is 28.3 Å². The fourth-order valence-electron chi connectivity index (χ4n) is 4.53. The van der Waals surface area contributed by atoms with Crippen LogP contribution in [0.5, 0.6) is 5.75 Å². The molecule has 3 nitrogen and oxygen atoms in total. The Hall–Kier alpha value is -2.82. The minimum absolute atomic E-state index is 0.253. The largest absolute Gasteiger partial charge is 0.490 e. The highest BCUT2D eigenvalue weighted by atomic mass is 19.2. The third-order valence-corrected chi connectivity index (χ3v) is 7.01. The molecule has 0 amide bonds. The number of rotatable bonds is 18. The molecule has 3 rings (SSSR count). The topological polar surface area (TPSA) is 35.0 Å². The molecule has 2 atom stereocenters. The number of nitrogens with zero attached hydrogens (tertiary/aromatic N) is 2. The van der Waals surface area contributed by atoms with Crippen molar-refractivity contribution in [3.63, 3.8) is 0 Å². The van der Waals surface area contributed by atoms with E-state index in [1.54, 1.807) is 12.1 Å². The predicted molar refractivity (Wildman–Crippen MR) is 154 cm³/mol. The Bertz CT molecular complexity index is 1020. The number of alkyl halides is 2. The number of hydrogen-bond acceptors (Lipinski definition) is 3. The van der Waals surface area contributed by atoms with Gasteiger partial charge in [-0.25, -0.2) is 18.7 Å². The van der Waals surface area contributed by atoms with Crippen LogP contribution in [-0.2, 0) is 6.42 Å². The molecule has 0 unspecified atom stereocenters. The second-order valence-corrected chi connectivity index (χ2v) is 10.2. The van der Waals surface area contributed by atoms with Gasteiger partial charge in [-0.2, -0.15) is 0 Å². The van der Waals surface area contributed by atoms with Crippen molar-refractivity contribution in [2.45, 2.75) is 103 Å². The quantitative estimate of drug-likeness (QED) is 0.156. The number of aryl methyl sites for hydroxylation is 1. The normalized spacial score (nSPS) is 12.8. The molecule has 0 radical (unpaired) electrons. The molecular formula is C33H44F2N2O. The Morgan fingerprint density at radius 3 is 1.87 bits per heavy atom. The molecule has 0 fully saturated rings. The van der Waals surface area contributed by atoms with Crippen molar-refractivity contribution in [1.82, 2.24) is 9.97 Å². The van der Waals surface area contributed by atoms with Gasteiger partial charge < -0.3 is 4.74 Å². The third kappa shape index (κ3) is 10.2. The molecule has 0 bridgehead atoms. The van der Waals surface area contributed by atoms with Crippen LogP contribution in [0.3, 0.4) is 0 Å². The standard InChI is InChI=1S/C33H44F2N2O/c1-3-5-7-9-10-11-13-26-15-17-28(18-16-26)33-36-23-29(24-37-33)27-19-21-30(22-20-27)38-25-32(35)31(34)14-12-8-6-4-2/h15-24,31-32H,3-14,25H2,1-2H3/t31-,32-/m1/s1. The molecule has 0 saturated heterocycles.